The lowest BCUT2D eigenvalue weighted by Crippen LogP contribution is -2.30. The first-order chi connectivity index (χ1) is 10.1. The largest absolute Gasteiger partial charge is 0.337 e. The predicted molar refractivity (Wildman–Crippen MR) is 80.4 cm³/mol. The topological polar surface area (TPSA) is 76.3 Å². The summed E-state index contributed by atoms with van der Waals surface area (Å²) in [6, 6.07) is 5.63. The molecule has 22 heavy (non-hydrogen) atoms. The van der Waals surface area contributed by atoms with Gasteiger partial charge in [0.2, 0.25) is 15.9 Å². The average Bonchev–Trinajstić information content (AvgIpc) is 2.84. The van der Waals surface area contributed by atoms with E-state index < -0.39 is 15.8 Å². The van der Waals surface area contributed by atoms with Crippen molar-refractivity contribution in [3.05, 3.63) is 41.8 Å². The first-order valence-electron chi connectivity index (χ1n) is 6.64. The predicted octanol–water partition coefficient (Wildman–Crippen LogP) is 2.47. The fourth-order valence-corrected chi connectivity index (χ4v) is 2.63. The van der Waals surface area contributed by atoms with Gasteiger partial charge in [-0.3, -0.25) is 4.31 Å². The lowest BCUT2D eigenvalue weighted by molar-refractivity contribution is 0.364. The Bertz CT molecular complexity index is 766. The molecule has 2 rings (SSSR count). The van der Waals surface area contributed by atoms with Crippen LogP contribution in [0.4, 0.5) is 10.1 Å². The standard InChI is InChI=1S/C14H18FN3O3S/c1-14(2,3)13-16-12(21-17-13)9-18(22(4,19)20)11-8-6-5-7-10(11)15/h5-8H,9H2,1-4H3. The van der Waals surface area contributed by atoms with Crippen LogP contribution in [-0.2, 0) is 22.0 Å². The first-order valence-corrected chi connectivity index (χ1v) is 8.49. The van der Waals surface area contributed by atoms with Crippen LogP contribution in [0.5, 0.6) is 0 Å². The second-order valence-electron chi connectivity index (χ2n) is 5.98. The molecule has 0 unspecified atom stereocenters. The summed E-state index contributed by atoms with van der Waals surface area (Å²) in [7, 11) is -3.70. The lowest BCUT2D eigenvalue weighted by Gasteiger charge is -2.20. The van der Waals surface area contributed by atoms with Gasteiger partial charge in [0.15, 0.2) is 5.82 Å². The van der Waals surface area contributed by atoms with Crippen molar-refractivity contribution in [1.82, 2.24) is 10.1 Å². The number of sulfonamides is 1. The van der Waals surface area contributed by atoms with Crippen LogP contribution in [-0.4, -0.2) is 24.8 Å². The molecule has 0 aliphatic heterocycles. The fraction of sp³-hybridized carbons (Fsp3) is 0.429. The number of halogens is 1. The summed E-state index contributed by atoms with van der Waals surface area (Å²) >= 11 is 0. The van der Waals surface area contributed by atoms with Crippen LogP contribution in [0.15, 0.2) is 28.8 Å². The van der Waals surface area contributed by atoms with Crippen molar-refractivity contribution in [2.45, 2.75) is 32.7 Å². The molecular weight excluding hydrogens is 309 g/mol. The Balaban J connectivity index is 2.37. The van der Waals surface area contributed by atoms with Crippen molar-refractivity contribution >= 4 is 15.7 Å². The quantitative estimate of drug-likeness (QED) is 0.862. The van der Waals surface area contributed by atoms with Gasteiger partial charge in [-0.1, -0.05) is 38.1 Å². The van der Waals surface area contributed by atoms with Gasteiger partial charge in [-0.05, 0) is 12.1 Å². The number of benzene rings is 1. The molecule has 6 nitrogen and oxygen atoms in total. The molecule has 0 radical (unpaired) electrons. The molecule has 2 aromatic rings. The summed E-state index contributed by atoms with van der Waals surface area (Å²) in [6.45, 7) is 5.51. The number of nitrogens with zero attached hydrogens (tertiary/aromatic N) is 3. The van der Waals surface area contributed by atoms with Crippen molar-refractivity contribution < 1.29 is 17.3 Å². The molecule has 1 aromatic heterocycles. The van der Waals surface area contributed by atoms with Crippen molar-refractivity contribution in [2.24, 2.45) is 0 Å². The summed E-state index contributed by atoms with van der Waals surface area (Å²) in [4.78, 5) is 4.18. The monoisotopic (exact) mass is 327 g/mol. The maximum absolute atomic E-state index is 13.9. The van der Waals surface area contributed by atoms with Gasteiger partial charge < -0.3 is 4.52 Å². The van der Waals surface area contributed by atoms with Gasteiger partial charge in [-0.2, -0.15) is 4.98 Å². The second-order valence-corrected chi connectivity index (χ2v) is 7.89. The van der Waals surface area contributed by atoms with Gasteiger partial charge in [0.05, 0.1) is 11.9 Å². The Morgan fingerprint density at radius 1 is 1.27 bits per heavy atom. The molecule has 0 bridgehead atoms. The van der Waals surface area contributed by atoms with Crippen LogP contribution in [0.2, 0.25) is 0 Å². The fourth-order valence-electron chi connectivity index (χ4n) is 1.78. The number of anilines is 1. The Hall–Kier alpha value is -1.96. The normalized spacial score (nSPS) is 12.4. The highest BCUT2D eigenvalue weighted by Crippen LogP contribution is 2.24. The number of hydrogen-bond acceptors (Lipinski definition) is 5. The molecule has 0 saturated heterocycles. The third-order valence-corrected chi connectivity index (χ3v) is 4.07. The molecule has 0 aliphatic rings. The molecule has 120 valence electrons. The Labute approximate surface area is 129 Å². The van der Waals surface area contributed by atoms with Crippen molar-refractivity contribution in [2.75, 3.05) is 10.6 Å². The molecule has 0 amide bonds. The van der Waals surface area contributed by atoms with E-state index in [1.807, 2.05) is 20.8 Å². The maximum atomic E-state index is 13.9. The summed E-state index contributed by atoms with van der Waals surface area (Å²) in [5, 5.41) is 3.84. The van der Waals surface area contributed by atoms with E-state index in [4.69, 9.17) is 4.52 Å². The summed E-state index contributed by atoms with van der Waals surface area (Å²) in [6.07, 6.45) is 1.00. The van der Waals surface area contributed by atoms with E-state index >= 15 is 0 Å². The van der Waals surface area contributed by atoms with E-state index in [-0.39, 0.29) is 23.5 Å². The second kappa shape index (κ2) is 5.68. The third kappa shape index (κ3) is 3.62. The number of aromatic nitrogens is 2. The summed E-state index contributed by atoms with van der Waals surface area (Å²) in [5.74, 6) is -0.0634. The van der Waals surface area contributed by atoms with Crippen LogP contribution < -0.4 is 4.31 Å². The highest BCUT2D eigenvalue weighted by atomic mass is 32.2. The van der Waals surface area contributed by atoms with Crippen molar-refractivity contribution in [3.63, 3.8) is 0 Å². The molecule has 0 saturated carbocycles. The molecule has 1 aromatic carbocycles. The highest BCUT2D eigenvalue weighted by molar-refractivity contribution is 7.92. The van der Waals surface area contributed by atoms with E-state index in [1.54, 1.807) is 6.07 Å². The number of hydrogen-bond donors (Lipinski definition) is 0. The van der Waals surface area contributed by atoms with Gasteiger partial charge in [0.25, 0.3) is 0 Å². The molecule has 0 spiro atoms. The van der Waals surface area contributed by atoms with Crippen molar-refractivity contribution in [1.29, 1.82) is 0 Å². The Morgan fingerprint density at radius 3 is 2.41 bits per heavy atom. The number of para-hydroxylation sites is 1. The average molecular weight is 327 g/mol. The Morgan fingerprint density at radius 2 is 1.91 bits per heavy atom. The van der Waals surface area contributed by atoms with Gasteiger partial charge in [-0.15, -0.1) is 0 Å². The van der Waals surface area contributed by atoms with Crippen LogP contribution >= 0.6 is 0 Å². The highest BCUT2D eigenvalue weighted by Gasteiger charge is 2.26. The summed E-state index contributed by atoms with van der Waals surface area (Å²) < 4.78 is 43.8. The van der Waals surface area contributed by atoms with Crippen LogP contribution in [0.25, 0.3) is 0 Å². The molecule has 0 N–H and O–H groups in total. The minimum absolute atomic E-state index is 0.0551. The van der Waals surface area contributed by atoms with Crippen LogP contribution in [0.3, 0.4) is 0 Å². The molecular formula is C14H18FN3O3S. The third-order valence-electron chi connectivity index (χ3n) is 2.94. The molecule has 1 heterocycles. The van der Waals surface area contributed by atoms with Crippen LogP contribution in [0.1, 0.15) is 32.5 Å². The zero-order valence-electron chi connectivity index (χ0n) is 12.9. The maximum Gasteiger partial charge on any atom is 0.247 e. The van der Waals surface area contributed by atoms with Gasteiger partial charge in [-0.25, -0.2) is 12.8 Å². The van der Waals surface area contributed by atoms with E-state index in [9.17, 15) is 12.8 Å². The number of rotatable bonds is 4. The molecule has 8 heteroatoms. The zero-order chi connectivity index (χ0) is 16.5. The van der Waals surface area contributed by atoms with E-state index in [2.05, 4.69) is 10.1 Å². The molecule has 0 atom stereocenters. The molecule has 0 fully saturated rings. The van der Waals surface area contributed by atoms with Gasteiger partial charge >= 0.3 is 0 Å². The molecule has 0 aliphatic carbocycles. The van der Waals surface area contributed by atoms with Gasteiger partial charge in [0.1, 0.15) is 12.4 Å². The SMILES string of the molecule is CC(C)(C)c1noc(CN(c2ccccc2F)S(C)(=O)=O)n1. The van der Waals surface area contributed by atoms with Crippen molar-refractivity contribution in [3.8, 4) is 0 Å². The first kappa shape index (κ1) is 16.4. The van der Waals surface area contributed by atoms with E-state index in [0.29, 0.717) is 5.82 Å². The van der Waals surface area contributed by atoms with E-state index in [1.165, 1.54) is 18.2 Å². The zero-order valence-corrected chi connectivity index (χ0v) is 13.7. The summed E-state index contributed by atoms with van der Waals surface area (Å²) in [5.41, 5.74) is -0.379. The lowest BCUT2D eigenvalue weighted by atomic mass is 9.96. The van der Waals surface area contributed by atoms with Gasteiger partial charge in [0, 0.05) is 5.41 Å². The van der Waals surface area contributed by atoms with Crippen LogP contribution in [0, 0.1) is 5.82 Å². The minimum atomic E-state index is -3.70. The van der Waals surface area contributed by atoms with E-state index in [0.717, 1.165) is 10.6 Å². The smallest absolute Gasteiger partial charge is 0.247 e. The minimum Gasteiger partial charge on any atom is -0.337 e. The Kier molecular flexibility index (Phi) is 4.23.